The van der Waals surface area contributed by atoms with Gasteiger partial charge >= 0.3 is 11.8 Å². The molecule has 3 aromatic carbocycles. The summed E-state index contributed by atoms with van der Waals surface area (Å²) in [5.41, 5.74) is 1.07. The Morgan fingerprint density at radius 3 is 2.25 bits per heavy atom. The van der Waals surface area contributed by atoms with Crippen molar-refractivity contribution in [3.63, 3.8) is 0 Å². The number of nitrogens with one attached hydrogen (secondary N) is 2. The second kappa shape index (κ2) is 18.9. The van der Waals surface area contributed by atoms with Gasteiger partial charge in [0.2, 0.25) is 0 Å². The molecule has 14 heteroatoms. The number of hydrogen-bond acceptors (Lipinski definition) is 13. The molecule has 0 fully saturated rings. The third-order valence-corrected chi connectivity index (χ3v) is 11.8. The third kappa shape index (κ3) is 9.16. The number of aliphatic hydroxyl groups excluding tert-OH is 2. The largest absolute Gasteiger partial charge is 0.507 e. The molecular formula is C46H58N2O12. The van der Waals surface area contributed by atoms with Crippen LogP contribution in [-0.2, 0) is 36.8 Å². The Hall–Kier alpha value is -5.41. The number of methoxy groups -OCH3 is 1. The van der Waals surface area contributed by atoms with Crippen molar-refractivity contribution in [2.45, 2.75) is 98.6 Å². The fourth-order valence-corrected chi connectivity index (χ4v) is 8.07. The number of ether oxygens (including phenoxy) is 4. The molecule has 0 saturated carbocycles. The van der Waals surface area contributed by atoms with E-state index in [1.165, 1.54) is 46.3 Å². The molecule has 5 bridgehead atoms. The Morgan fingerprint density at radius 1 is 0.917 bits per heavy atom. The Morgan fingerprint density at radius 2 is 1.60 bits per heavy atom. The van der Waals surface area contributed by atoms with Crippen LogP contribution in [0.15, 0.2) is 66.5 Å². The van der Waals surface area contributed by atoms with Crippen LogP contribution in [0.5, 0.6) is 23.0 Å². The van der Waals surface area contributed by atoms with Gasteiger partial charge in [-0.15, -0.1) is 0 Å². The molecule has 7 N–H and O–H groups in total. The molecule has 1 amide bonds. The monoisotopic (exact) mass is 830 g/mol. The van der Waals surface area contributed by atoms with Gasteiger partial charge in [0.15, 0.2) is 5.75 Å². The van der Waals surface area contributed by atoms with Gasteiger partial charge in [0.05, 0.1) is 41.2 Å². The highest BCUT2D eigenvalue weighted by Crippen LogP contribution is 2.55. The molecule has 3 heterocycles. The van der Waals surface area contributed by atoms with Gasteiger partial charge < -0.3 is 55.1 Å². The Bertz CT molecular complexity index is 2180. The highest BCUT2D eigenvalue weighted by molar-refractivity contribution is 6.22. The lowest BCUT2D eigenvalue weighted by Gasteiger charge is -2.38. The number of esters is 1. The van der Waals surface area contributed by atoms with Crippen LogP contribution < -0.4 is 15.4 Å². The van der Waals surface area contributed by atoms with Gasteiger partial charge in [0.25, 0.3) is 11.7 Å². The van der Waals surface area contributed by atoms with Gasteiger partial charge in [-0.2, -0.15) is 0 Å². The first kappa shape index (κ1) is 45.7. The Labute approximate surface area is 350 Å². The summed E-state index contributed by atoms with van der Waals surface area (Å²) in [6.07, 6.45) is 3.72. The predicted octanol–water partition coefficient (Wildman–Crippen LogP) is 6.09. The minimum absolute atomic E-state index is 0.0679. The van der Waals surface area contributed by atoms with E-state index < -0.39 is 88.8 Å². The van der Waals surface area contributed by atoms with E-state index in [0.29, 0.717) is 6.54 Å². The molecule has 60 heavy (non-hydrogen) atoms. The summed E-state index contributed by atoms with van der Waals surface area (Å²) < 4.78 is 23.6. The van der Waals surface area contributed by atoms with E-state index >= 15 is 0 Å². The van der Waals surface area contributed by atoms with E-state index in [4.69, 9.17) is 18.9 Å². The number of phenolic OH excluding ortho intramolecular Hbond substituents is 3. The fourth-order valence-electron chi connectivity index (χ4n) is 8.07. The predicted molar refractivity (Wildman–Crippen MR) is 226 cm³/mol. The zero-order chi connectivity index (χ0) is 44.2. The van der Waals surface area contributed by atoms with Crippen molar-refractivity contribution >= 4 is 34.1 Å². The fraction of sp³-hybridized carbons (Fsp3) is 0.457. The topological polar surface area (TPSA) is 213 Å². The van der Waals surface area contributed by atoms with Crippen molar-refractivity contribution in [3.8, 4) is 23.0 Å². The van der Waals surface area contributed by atoms with Crippen LogP contribution >= 0.6 is 0 Å². The van der Waals surface area contributed by atoms with Crippen molar-refractivity contribution in [1.82, 2.24) is 5.32 Å². The number of benzene rings is 3. The SMILES string of the molecule is CO[C@H]1C=CO[C@@]2(C)Oc3c(C)c(O)c4c(O)c(c(CCNCc5ccccc5)c(O)c4c3C2=O)NC(=O)C(C)=CC=C[C@H](C)[C@H](O)[C@@H](C)[C@@H](O)[C@@H](C)[C@H](OC(C)=O)[C@@H]1C. The van der Waals surface area contributed by atoms with Gasteiger partial charge in [0.1, 0.15) is 23.4 Å². The maximum atomic E-state index is 14.4. The summed E-state index contributed by atoms with van der Waals surface area (Å²) in [5, 5.41) is 64.1. The van der Waals surface area contributed by atoms with Crippen LogP contribution in [0, 0.1) is 30.6 Å². The zero-order valence-electron chi connectivity index (χ0n) is 35.6. The number of anilines is 1. The maximum Gasteiger partial charge on any atom is 0.312 e. The standard InChI is InChI=1S/C46H58N2O12/c1-23-14-13-15-24(2)45(56)48-36-31(18-20-47-22-30-16-11-10-12-17-30)40(53)33-34(41(36)54)39(52)28(6)43-35(33)44(55)46(8,60-43)58-21-19-32(57-9)25(3)42(59-29(7)49)27(5)38(51)26(4)37(23)50/h10-17,19,21,23,25-27,32,37-38,42,47,50-54H,18,20,22H2,1-9H3,(H,48,56)/t23-,25+,26+,27+,32-,37-,38+,42+,46-/m0/s1. The molecule has 0 unspecified atom stereocenters. The number of fused-ring (bicyclic) bond motifs is 14. The smallest absolute Gasteiger partial charge is 0.312 e. The van der Waals surface area contributed by atoms with Crippen LogP contribution in [0.3, 0.4) is 0 Å². The van der Waals surface area contributed by atoms with E-state index in [1.54, 1.807) is 46.8 Å². The molecular weight excluding hydrogens is 773 g/mol. The molecule has 324 valence electrons. The number of aliphatic hydroxyl groups is 2. The quantitative estimate of drug-likeness (QED) is 0.0623. The minimum atomic E-state index is -2.03. The number of carbonyl (C=O) groups excluding carboxylic acids is 3. The van der Waals surface area contributed by atoms with E-state index in [2.05, 4.69) is 10.6 Å². The average molecular weight is 831 g/mol. The minimum Gasteiger partial charge on any atom is -0.507 e. The molecule has 3 aliphatic rings. The van der Waals surface area contributed by atoms with Gasteiger partial charge in [-0.25, -0.2) is 0 Å². The van der Waals surface area contributed by atoms with Crippen LogP contribution in [0.1, 0.15) is 75.5 Å². The lowest BCUT2D eigenvalue weighted by Crippen LogP contribution is -2.46. The molecule has 3 aliphatic heterocycles. The van der Waals surface area contributed by atoms with E-state index in [9.17, 15) is 39.9 Å². The summed E-state index contributed by atoms with van der Waals surface area (Å²) in [4.78, 5) is 40.5. The first-order valence-corrected chi connectivity index (χ1v) is 20.2. The zero-order valence-corrected chi connectivity index (χ0v) is 35.6. The summed E-state index contributed by atoms with van der Waals surface area (Å²) in [7, 11) is 1.44. The number of ketones is 1. The van der Waals surface area contributed by atoms with Crippen LogP contribution in [0.4, 0.5) is 5.69 Å². The highest BCUT2D eigenvalue weighted by Gasteiger charge is 2.50. The van der Waals surface area contributed by atoms with Crippen LogP contribution in [0.2, 0.25) is 0 Å². The van der Waals surface area contributed by atoms with Gasteiger partial charge in [0, 0.05) is 73.3 Å². The number of amides is 1. The second-order valence-electron chi connectivity index (χ2n) is 16.1. The van der Waals surface area contributed by atoms with Crippen molar-refractivity contribution < 1.29 is 58.9 Å². The lowest BCUT2D eigenvalue weighted by atomic mass is 9.78. The molecule has 0 saturated heterocycles. The van der Waals surface area contributed by atoms with Crippen molar-refractivity contribution in [2.75, 3.05) is 19.0 Å². The molecule has 14 nitrogen and oxygen atoms in total. The number of allylic oxidation sites excluding steroid dienone is 2. The average Bonchev–Trinajstić information content (AvgIpc) is 3.48. The Kier molecular flexibility index (Phi) is 14.4. The lowest BCUT2D eigenvalue weighted by molar-refractivity contribution is -0.160. The second-order valence-corrected chi connectivity index (χ2v) is 16.1. The van der Waals surface area contributed by atoms with Gasteiger partial charge in [-0.05, 0) is 38.5 Å². The van der Waals surface area contributed by atoms with E-state index in [0.717, 1.165) is 5.56 Å². The number of carbonyl (C=O) groups is 3. The summed E-state index contributed by atoms with van der Waals surface area (Å²) in [5.74, 6) is -8.03. The Balaban J connectivity index is 1.66. The maximum absolute atomic E-state index is 14.4. The first-order chi connectivity index (χ1) is 28.3. The van der Waals surface area contributed by atoms with Crippen molar-refractivity contribution in [3.05, 3.63) is 88.7 Å². The number of rotatable bonds is 7. The van der Waals surface area contributed by atoms with Crippen molar-refractivity contribution in [1.29, 1.82) is 0 Å². The normalized spacial score (nSPS) is 27.7. The molecule has 9 atom stereocenters. The number of Topliss-reactive ketones (excluding diaryl/α,β-unsaturated/α-hetero) is 1. The molecule has 3 aromatic rings. The third-order valence-electron chi connectivity index (χ3n) is 11.8. The summed E-state index contributed by atoms with van der Waals surface area (Å²) in [6.45, 7) is 13.3. The summed E-state index contributed by atoms with van der Waals surface area (Å²) in [6, 6.07) is 9.63. The first-order valence-electron chi connectivity index (χ1n) is 20.2. The molecule has 0 radical (unpaired) electrons. The summed E-state index contributed by atoms with van der Waals surface area (Å²) >= 11 is 0. The van der Waals surface area contributed by atoms with E-state index in [1.807, 2.05) is 30.3 Å². The van der Waals surface area contributed by atoms with Crippen LogP contribution in [0.25, 0.3) is 10.8 Å². The molecule has 0 aliphatic carbocycles. The van der Waals surface area contributed by atoms with Crippen LogP contribution in [-0.4, -0.2) is 87.0 Å². The molecule has 6 rings (SSSR count). The molecule has 0 aromatic heterocycles. The van der Waals surface area contributed by atoms with Gasteiger partial charge in [-0.1, -0.05) is 76.3 Å². The van der Waals surface area contributed by atoms with Gasteiger partial charge in [-0.3, -0.25) is 14.4 Å². The van der Waals surface area contributed by atoms with E-state index in [-0.39, 0.29) is 57.4 Å². The number of hydrogen-bond donors (Lipinski definition) is 7. The molecule has 0 spiro atoms. The van der Waals surface area contributed by atoms with Crippen molar-refractivity contribution in [2.24, 2.45) is 23.7 Å². The highest BCUT2D eigenvalue weighted by atomic mass is 16.7. The number of phenols is 3. The number of aromatic hydroxyl groups is 3.